The molecule has 0 aliphatic carbocycles. The number of aryl methyl sites for hydroxylation is 1. The summed E-state index contributed by atoms with van der Waals surface area (Å²) < 4.78 is 63.2. The molecule has 11 heteroatoms. The number of sulfonamides is 2. The van der Waals surface area contributed by atoms with Crippen LogP contribution in [0.1, 0.15) is 18.4 Å². The lowest BCUT2D eigenvalue weighted by Crippen LogP contribution is -2.22. The molecule has 0 amide bonds. The zero-order valence-corrected chi connectivity index (χ0v) is 20.0. The molecule has 170 valence electrons. The minimum atomic E-state index is -4.06. The van der Waals surface area contributed by atoms with Crippen LogP contribution in [0.4, 0.5) is 5.69 Å². The van der Waals surface area contributed by atoms with Crippen molar-refractivity contribution in [2.75, 3.05) is 30.3 Å². The summed E-state index contributed by atoms with van der Waals surface area (Å²) in [6.45, 7) is 1.99. The number of hydrogen-bond acceptors (Lipinski definition) is 6. The molecule has 1 aliphatic heterocycles. The van der Waals surface area contributed by atoms with Crippen LogP contribution in [-0.2, 0) is 31.2 Å². The summed E-state index contributed by atoms with van der Waals surface area (Å²) in [6.07, 6.45) is 2.07. The predicted molar refractivity (Wildman–Crippen MR) is 122 cm³/mol. The van der Waals surface area contributed by atoms with Crippen LogP contribution in [0.15, 0.2) is 51.8 Å². The lowest BCUT2D eigenvalue weighted by molar-refractivity contribution is 0.0496. The van der Waals surface area contributed by atoms with Crippen molar-refractivity contribution in [2.45, 2.75) is 24.2 Å². The van der Waals surface area contributed by atoms with Crippen LogP contribution in [0.3, 0.4) is 0 Å². The monoisotopic (exact) mass is 532 g/mol. The van der Waals surface area contributed by atoms with Crippen molar-refractivity contribution in [1.29, 1.82) is 0 Å². The number of primary sulfonamides is 1. The van der Waals surface area contributed by atoms with Gasteiger partial charge in [-0.2, -0.15) is 0 Å². The van der Waals surface area contributed by atoms with Crippen molar-refractivity contribution >= 4 is 41.7 Å². The Bertz CT molecular complexity index is 1120. The molecule has 3 rings (SSSR count). The molecule has 0 spiro atoms. The van der Waals surface area contributed by atoms with Gasteiger partial charge in [0.2, 0.25) is 20.0 Å². The van der Waals surface area contributed by atoms with Gasteiger partial charge in [-0.15, -0.1) is 0 Å². The van der Waals surface area contributed by atoms with Crippen molar-refractivity contribution < 1.29 is 26.3 Å². The molecular formula is C20H25BrN2O6S2. The van der Waals surface area contributed by atoms with E-state index in [1.54, 1.807) is 0 Å². The maximum absolute atomic E-state index is 12.6. The van der Waals surface area contributed by atoms with Crippen molar-refractivity contribution in [3.8, 4) is 5.75 Å². The number of ether oxygens (including phenoxy) is 2. The van der Waals surface area contributed by atoms with Crippen LogP contribution in [0.2, 0.25) is 0 Å². The van der Waals surface area contributed by atoms with Gasteiger partial charge < -0.3 is 9.47 Å². The molecule has 0 aromatic heterocycles. The second-order valence-electron chi connectivity index (χ2n) is 7.33. The van der Waals surface area contributed by atoms with E-state index in [1.165, 1.54) is 24.3 Å². The average Bonchev–Trinajstić information content (AvgIpc) is 2.71. The first-order chi connectivity index (χ1) is 14.6. The first kappa shape index (κ1) is 24.0. The molecule has 0 bridgehead atoms. The molecule has 8 nitrogen and oxygen atoms in total. The highest BCUT2D eigenvalue weighted by atomic mass is 79.9. The van der Waals surface area contributed by atoms with Gasteiger partial charge in [0.1, 0.15) is 10.6 Å². The fraction of sp³-hybridized carbons (Fsp3) is 0.400. The molecule has 31 heavy (non-hydrogen) atoms. The van der Waals surface area contributed by atoms with Crippen LogP contribution in [0.25, 0.3) is 0 Å². The quantitative estimate of drug-likeness (QED) is 0.511. The van der Waals surface area contributed by atoms with E-state index in [0.29, 0.717) is 18.3 Å². The Labute approximate surface area is 191 Å². The third-order valence-electron chi connectivity index (χ3n) is 4.94. The Kier molecular flexibility index (Phi) is 7.98. The van der Waals surface area contributed by atoms with Gasteiger partial charge in [-0.1, -0.05) is 34.1 Å². The molecule has 0 atom stereocenters. The normalized spacial score (nSPS) is 15.5. The molecule has 1 fully saturated rings. The zero-order chi connectivity index (χ0) is 22.5. The highest BCUT2D eigenvalue weighted by Crippen LogP contribution is 2.27. The SMILES string of the molecule is NS(=O)(=O)c1ccccc1NS(=O)(=O)CCc1ccc(Br)cc1OCC1CCOCC1. The summed E-state index contributed by atoms with van der Waals surface area (Å²) in [6, 6.07) is 11.1. The second-order valence-corrected chi connectivity index (χ2v) is 11.6. The van der Waals surface area contributed by atoms with Crippen molar-refractivity contribution in [1.82, 2.24) is 0 Å². The molecule has 2 aromatic carbocycles. The Hall–Kier alpha value is -1.66. The minimum Gasteiger partial charge on any atom is -0.493 e. The summed E-state index contributed by atoms with van der Waals surface area (Å²) in [5, 5.41) is 5.18. The maximum atomic E-state index is 12.6. The zero-order valence-electron chi connectivity index (χ0n) is 16.8. The predicted octanol–water partition coefficient (Wildman–Crippen LogP) is 2.89. The van der Waals surface area contributed by atoms with Gasteiger partial charge in [-0.05, 0) is 55.0 Å². The number of hydrogen-bond donors (Lipinski definition) is 2. The number of halogens is 1. The third-order valence-corrected chi connectivity index (χ3v) is 7.68. The Balaban J connectivity index is 1.69. The Morgan fingerprint density at radius 3 is 2.52 bits per heavy atom. The van der Waals surface area contributed by atoms with E-state index in [9.17, 15) is 16.8 Å². The smallest absolute Gasteiger partial charge is 0.240 e. The van der Waals surface area contributed by atoms with E-state index in [-0.39, 0.29) is 22.8 Å². The molecule has 1 heterocycles. The fourth-order valence-corrected chi connectivity index (χ4v) is 5.45. The highest BCUT2D eigenvalue weighted by Gasteiger charge is 2.20. The fourth-order valence-electron chi connectivity index (χ4n) is 3.25. The first-order valence-electron chi connectivity index (χ1n) is 9.75. The van der Waals surface area contributed by atoms with E-state index in [4.69, 9.17) is 14.6 Å². The van der Waals surface area contributed by atoms with Gasteiger partial charge in [0.05, 0.1) is 18.0 Å². The number of nitrogens with two attached hydrogens (primary N) is 1. The molecule has 3 N–H and O–H groups in total. The molecule has 1 saturated heterocycles. The number of benzene rings is 2. The van der Waals surface area contributed by atoms with E-state index in [0.717, 1.165) is 36.1 Å². The van der Waals surface area contributed by atoms with Crippen LogP contribution >= 0.6 is 15.9 Å². The van der Waals surface area contributed by atoms with Gasteiger partial charge in [0.15, 0.2) is 0 Å². The third kappa shape index (κ3) is 7.18. The van der Waals surface area contributed by atoms with Gasteiger partial charge in [-0.3, -0.25) is 4.72 Å². The molecular weight excluding hydrogens is 508 g/mol. The van der Waals surface area contributed by atoms with Crippen LogP contribution in [0.5, 0.6) is 5.75 Å². The van der Waals surface area contributed by atoms with Gasteiger partial charge in [0, 0.05) is 17.7 Å². The molecule has 0 unspecified atom stereocenters. The summed E-state index contributed by atoms with van der Waals surface area (Å²) in [5.74, 6) is 0.781. The molecule has 0 saturated carbocycles. The van der Waals surface area contributed by atoms with Gasteiger partial charge in [0.25, 0.3) is 0 Å². The number of anilines is 1. The second kappa shape index (κ2) is 10.3. The van der Waals surface area contributed by atoms with Crippen molar-refractivity contribution in [3.63, 3.8) is 0 Å². The summed E-state index contributed by atoms with van der Waals surface area (Å²) >= 11 is 3.42. The first-order valence-corrected chi connectivity index (χ1v) is 13.7. The van der Waals surface area contributed by atoms with Crippen LogP contribution < -0.4 is 14.6 Å². The topological polar surface area (TPSA) is 125 Å². The van der Waals surface area contributed by atoms with E-state index < -0.39 is 20.0 Å². The van der Waals surface area contributed by atoms with Gasteiger partial charge in [-0.25, -0.2) is 22.0 Å². The molecule has 1 aliphatic rings. The summed E-state index contributed by atoms with van der Waals surface area (Å²) in [5.41, 5.74) is 0.678. The summed E-state index contributed by atoms with van der Waals surface area (Å²) in [4.78, 5) is -0.275. The van der Waals surface area contributed by atoms with Crippen molar-refractivity contribution in [3.05, 3.63) is 52.5 Å². The standard InChI is InChI=1S/C20H25BrN2O6S2/c21-17-6-5-16(19(13-17)29-14-15-7-10-28-11-8-15)9-12-30(24,25)23-18-3-1-2-4-20(18)31(22,26)27/h1-6,13,15,23H,7-12,14H2,(H2,22,26,27). The lowest BCUT2D eigenvalue weighted by atomic mass is 10.0. The van der Waals surface area contributed by atoms with Crippen LogP contribution in [0, 0.1) is 5.92 Å². The number of nitrogens with one attached hydrogen (secondary N) is 1. The lowest BCUT2D eigenvalue weighted by Gasteiger charge is -2.23. The van der Waals surface area contributed by atoms with Crippen molar-refractivity contribution in [2.24, 2.45) is 11.1 Å². The molecule has 2 aromatic rings. The van der Waals surface area contributed by atoms with Gasteiger partial charge >= 0.3 is 0 Å². The van der Waals surface area contributed by atoms with E-state index in [1.807, 2.05) is 18.2 Å². The number of para-hydroxylation sites is 1. The van der Waals surface area contributed by atoms with E-state index in [2.05, 4.69) is 20.7 Å². The highest BCUT2D eigenvalue weighted by molar-refractivity contribution is 9.10. The Morgan fingerprint density at radius 1 is 1.10 bits per heavy atom. The summed E-state index contributed by atoms with van der Waals surface area (Å²) in [7, 11) is -7.90. The maximum Gasteiger partial charge on any atom is 0.240 e. The van der Waals surface area contributed by atoms with E-state index >= 15 is 0 Å². The Morgan fingerprint density at radius 2 is 1.81 bits per heavy atom. The largest absolute Gasteiger partial charge is 0.493 e. The minimum absolute atomic E-state index is 0.0724. The molecule has 0 radical (unpaired) electrons. The van der Waals surface area contributed by atoms with Crippen LogP contribution in [-0.4, -0.2) is 42.4 Å². The number of rotatable bonds is 9. The average molecular weight is 533 g/mol.